The zero-order valence-electron chi connectivity index (χ0n) is 15.8. The van der Waals surface area contributed by atoms with Crippen LogP contribution in [0.25, 0.3) is 27.8 Å². The van der Waals surface area contributed by atoms with Crippen molar-refractivity contribution in [3.05, 3.63) is 84.2 Å². The number of unbranched alkanes of at least 4 members (excludes halogenated alkanes) is 1. The van der Waals surface area contributed by atoms with Crippen molar-refractivity contribution >= 4 is 17.0 Å². The first-order chi connectivity index (χ1) is 13.7. The molecule has 0 saturated heterocycles. The first-order valence-electron chi connectivity index (χ1n) is 9.58. The number of rotatable bonds is 6. The molecule has 3 aromatic carbocycles. The lowest BCUT2D eigenvalue weighted by molar-refractivity contribution is 0.0697. The summed E-state index contributed by atoms with van der Waals surface area (Å²) in [6.45, 7) is 2.18. The monoisotopic (exact) mass is 370 g/mol. The fourth-order valence-electron chi connectivity index (χ4n) is 3.58. The molecule has 0 fully saturated rings. The van der Waals surface area contributed by atoms with Gasteiger partial charge in [-0.05, 0) is 47.9 Å². The first kappa shape index (κ1) is 18.0. The normalized spacial score (nSPS) is 11.0. The quantitative estimate of drug-likeness (QED) is 0.471. The number of nitrogens with zero attached hydrogens (tertiary/aromatic N) is 2. The Labute approximate surface area is 164 Å². The number of para-hydroxylation sites is 2. The molecule has 4 aromatic rings. The van der Waals surface area contributed by atoms with Crippen LogP contribution < -0.4 is 0 Å². The van der Waals surface area contributed by atoms with Gasteiger partial charge in [-0.25, -0.2) is 9.78 Å². The summed E-state index contributed by atoms with van der Waals surface area (Å²) in [5.41, 5.74) is 5.05. The third-order valence-electron chi connectivity index (χ3n) is 4.98. The number of hydrogen-bond acceptors (Lipinski definition) is 2. The van der Waals surface area contributed by atoms with E-state index >= 15 is 0 Å². The van der Waals surface area contributed by atoms with E-state index in [0.29, 0.717) is 5.56 Å². The van der Waals surface area contributed by atoms with E-state index in [2.05, 4.69) is 17.6 Å². The molecule has 1 N–H and O–H groups in total. The molecule has 140 valence electrons. The van der Waals surface area contributed by atoms with Crippen LogP contribution in [0.5, 0.6) is 0 Å². The second-order valence-corrected chi connectivity index (χ2v) is 6.85. The van der Waals surface area contributed by atoms with Crippen molar-refractivity contribution in [2.75, 3.05) is 0 Å². The number of carboxylic acid groups (broad SMARTS) is 1. The van der Waals surface area contributed by atoms with Gasteiger partial charge in [0.2, 0.25) is 0 Å². The van der Waals surface area contributed by atoms with E-state index in [1.165, 1.54) is 0 Å². The SMILES string of the molecule is CCCCc1nc2ccccc2n1-c1ccc(-c2ccccc2C(=O)O)cc1. The van der Waals surface area contributed by atoms with Gasteiger partial charge < -0.3 is 5.11 Å². The number of aromatic nitrogens is 2. The molecule has 1 heterocycles. The standard InChI is InChI=1S/C24H22N2O2/c1-2-3-12-23-25-21-10-6-7-11-22(21)26(23)18-15-13-17(14-16-18)19-8-4-5-9-20(19)24(27)28/h4-11,13-16H,2-3,12H2,1H3,(H,27,28). The molecule has 4 nitrogen and oxygen atoms in total. The van der Waals surface area contributed by atoms with Crippen molar-refractivity contribution in [1.82, 2.24) is 9.55 Å². The maximum absolute atomic E-state index is 11.5. The smallest absolute Gasteiger partial charge is 0.336 e. The Bertz CT molecular complexity index is 1130. The van der Waals surface area contributed by atoms with E-state index in [4.69, 9.17) is 4.98 Å². The van der Waals surface area contributed by atoms with Crippen molar-refractivity contribution in [2.45, 2.75) is 26.2 Å². The number of carboxylic acids is 1. The second-order valence-electron chi connectivity index (χ2n) is 6.85. The van der Waals surface area contributed by atoms with Gasteiger partial charge in [-0.1, -0.05) is 55.8 Å². The fourth-order valence-corrected chi connectivity index (χ4v) is 3.58. The molecule has 0 saturated carbocycles. The van der Waals surface area contributed by atoms with Gasteiger partial charge in [0.25, 0.3) is 0 Å². The Hall–Kier alpha value is -3.40. The maximum Gasteiger partial charge on any atom is 0.336 e. The number of aromatic carboxylic acids is 1. The molecular formula is C24H22N2O2. The molecule has 0 bridgehead atoms. The highest BCUT2D eigenvalue weighted by molar-refractivity contribution is 5.96. The lowest BCUT2D eigenvalue weighted by atomic mass is 9.99. The minimum absolute atomic E-state index is 0.312. The average molecular weight is 370 g/mol. The summed E-state index contributed by atoms with van der Waals surface area (Å²) in [7, 11) is 0. The molecule has 0 radical (unpaired) electrons. The molecule has 0 atom stereocenters. The van der Waals surface area contributed by atoms with Crippen LogP contribution in [0.1, 0.15) is 35.9 Å². The van der Waals surface area contributed by atoms with Gasteiger partial charge in [-0.15, -0.1) is 0 Å². The first-order valence-corrected chi connectivity index (χ1v) is 9.58. The van der Waals surface area contributed by atoms with Crippen LogP contribution in [-0.2, 0) is 6.42 Å². The van der Waals surface area contributed by atoms with E-state index in [0.717, 1.165) is 52.9 Å². The number of carbonyl (C=O) groups is 1. The van der Waals surface area contributed by atoms with Crippen LogP contribution in [0.2, 0.25) is 0 Å². The molecule has 0 spiro atoms. The average Bonchev–Trinajstić information content (AvgIpc) is 3.10. The number of aryl methyl sites for hydroxylation is 1. The summed E-state index contributed by atoms with van der Waals surface area (Å²) in [5, 5.41) is 9.46. The summed E-state index contributed by atoms with van der Waals surface area (Å²) in [6, 6.07) is 23.3. The Morgan fingerprint density at radius 1 is 0.964 bits per heavy atom. The predicted molar refractivity (Wildman–Crippen MR) is 112 cm³/mol. The number of imidazole rings is 1. The highest BCUT2D eigenvalue weighted by Crippen LogP contribution is 2.27. The fraction of sp³-hybridized carbons (Fsp3) is 0.167. The molecule has 4 heteroatoms. The molecule has 1 aromatic heterocycles. The highest BCUT2D eigenvalue weighted by Gasteiger charge is 2.14. The summed E-state index contributed by atoms with van der Waals surface area (Å²) in [4.78, 5) is 16.4. The third-order valence-corrected chi connectivity index (χ3v) is 4.98. The van der Waals surface area contributed by atoms with Gasteiger partial charge in [0.05, 0.1) is 16.6 Å². The largest absolute Gasteiger partial charge is 0.478 e. The molecule has 0 unspecified atom stereocenters. The van der Waals surface area contributed by atoms with Crippen LogP contribution in [0.4, 0.5) is 0 Å². The lowest BCUT2D eigenvalue weighted by Gasteiger charge is -2.11. The maximum atomic E-state index is 11.5. The van der Waals surface area contributed by atoms with Crippen LogP contribution in [0.3, 0.4) is 0 Å². The lowest BCUT2D eigenvalue weighted by Crippen LogP contribution is -2.02. The van der Waals surface area contributed by atoms with Crippen molar-refractivity contribution in [3.8, 4) is 16.8 Å². The molecular weight excluding hydrogens is 348 g/mol. The Morgan fingerprint density at radius 3 is 2.43 bits per heavy atom. The topological polar surface area (TPSA) is 55.1 Å². The molecule has 0 aliphatic heterocycles. The summed E-state index contributed by atoms with van der Waals surface area (Å²) in [6.07, 6.45) is 3.14. The molecule has 4 rings (SSSR count). The minimum atomic E-state index is -0.915. The van der Waals surface area contributed by atoms with Gasteiger partial charge in [0, 0.05) is 12.1 Å². The van der Waals surface area contributed by atoms with E-state index in [9.17, 15) is 9.90 Å². The van der Waals surface area contributed by atoms with Crippen molar-refractivity contribution in [1.29, 1.82) is 0 Å². The number of benzene rings is 3. The van der Waals surface area contributed by atoms with E-state index in [1.807, 2.05) is 54.6 Å². The van der Waals surface area contributed by atoms with E-state index in [1.54, 1.807) is 12.1 Å². The molecule has 0 aliphatic carbocycles. The van der Waals surface area contributed by atoms with Gasteiger partial charge in [0.1, 0.15) is 5.82 Å². The molecule has 28 heavy (non-hydrogen) atoms. The summed E-state index contributed by atoms with van der Waals surface area (Å²) < 4.78 is 2.21. The van der Waals surface area contributed by atoms with E-state index < -0.39 is 5.97 Å². The minimum Gasteiger partial charge on any atom is -0.478 e. The zero-order valence-corrected chi connectivity index (χ0v) is 15.8. The van der Waals surface area contributed by atoms with E-state index in [-0.39, 0.29) is 0 Å². The molecule has 0 amide bonds. The Morgan fingerprint density at radius 2 is 1.68 bits per heavy atom. The van der Waals surface area contributed by atoms with Crippen molar-refractivity contribution in [2.24, 2.45) is 0 Å². The second kappa shape index (κ2) is 7.69. The number of hydrogen-bond donors (Lipinski definition) is 1. The van der Waals surface area contributed by atoms with Gasteiger partial charge in [0.15, 0.2) is 0 Å². The van der Waals surface area contributed by atoms with Gasteiger partial charge >= 0.3 is 5.97 Å². The Balaban J connectivity index is 1.79. The summed E-state index contributed by atoms with van der Waals surface area (Å²) in [5.74, 6) is 0.142. The van der Waals surface area contributed by atoms with Crippen LogP contribution >= 0.6 is 0 Å². The van der Waals surface area contributed by atoms with Crippen LogP contribution in [0.15, 0.2) is 72.8 Å². The predicted octanol–water partition coefficient (Wildman–Crippen LogP) is 5.73. The van der Waals surface area contributed by atoms with Crippen LogP contribution in [-0.4, -0.2) is 20.6 Å². The van der Waals surface area contributed by atoms with Crippen molar-refractivity contribution < 1.29 is 9.90 Å². The van der Waals surface area contributed by atoms with Gasteiger partial charge in [-0.2, -0.15) is 0 Å². The van der Waals surface area contributed by atoms with Gasteiger partial charge in [-0.3, -0.25) is 4.57 Å². The summed E-state index contributed by atoms with van der Waals surface area (Å²) >= 11 is 0. The molecule has 0 aliphatic rings. The highest BCUT2D eigenvalue weighted by atomic mass is 16.4. The zero-order chi connectivity index (χ0) is 19.5. The number of fused-ring (bicyclic) bond motifs is 1. The van der Waals surface area contributed by atoms with Crippen LogP contribution in [0, 0.1) is 0 Å². The third kappa shape index (κ3) is 3.29. The van der Waals surface area contributed by atoms with Crippen molar-refractivity contribution in [3.63, 3.8) is 0 Å². The Kier molecular flexibility index (Phi) is 4.94.